The van der Waals surface area contributed by atoms with Crippen LogP contribution in [0.25, 0.3) is 0 Å². The highest BCUT2D eigenvalue weighted by Crippen LogP contribution is 2.19. The number of aromatic carboxylic acids is 1. The quantitative estimate of drug-likeness (QED) is 0.876. The molecule has 0 amide bonds. The van der Waals surface area contributed by atoms with Crippen LogP contribution in [0, 0.1) is 0 Å². The summed E-state index contributed by atoms with van der Waals surface area (Å²) in [6.45, 7) is 2.41. The summed E-state index contributed by atoms with van der Waals surface area (Å²) < 4.78 is 6.34. The van der Waals surface area contributed by atoms with Crippen LogP contribution in [0.2, 0.25) is 0 Å². The maximum Gasteiger partial charge on any atom is 0.335 e. The van der Waals surface area contributed by atoms with Crippen LogP contribution in [-0.2, 0) is 11.3 Å². The lowest BCUT2D eigenvalue weighted by Gasteiger charge is -2.11. The molecule has 0 aliphatic carbocycles. The van der Waals surface area contributed by atoms with Crippen LogP contribution < -0.4 is 5.32 Å². The van der Waals surface area contributed by atoms with E-state index in [0.717, 1.165) is 36.0 Å². The third kappa shape index (κ3) is 3.54. The summed E-state index contributed by atoms with van der Waals surface area (Å²) in [5.74, 6) is -0.908. The maximum atomic E-state index is 10.8. The van der Waals surface area contributed by atoms with E-state index in [-0.39, 0.29) is 0 Å². The van der Waals surface area contributed by atoms with Crippen molar-refractivity contribution in [2.24, 2.45) is 0 Å². The monoisotopic (exact) mass is 313 g/mol. The van der Waals surface area contributed by atoms with Crippen molar-refractivity contribution < 1.29 is 14.6 Å². The number of carboxylic acids is 1. The molecule has 0 spiro atoms. The molecule has 1 aromatic carbocycles. The van der Waals surface area contributed by atoms with Crippen molar-refractivity contribution in [1.29, 1.82) is 0 Å². The van der Waals surface area contributed by atoms with Crippen molar-refractivity contribution in [1.82, 2.24) is 5.32 Å². The summed E-state index contributed by atoms with van der Waals surface area (Å²) in [5.41, 5.74) is 1.35. The SMILES string of the molecule is O=C(O)c1ccc(CNCC2CCCO2)c(Br)c1. The first kappa shape index (κ1) is 13.5. The highest BCUT2D eigenvalue weighted by molar-refractivity contribution is 9.10. The first-order valence-electron chi connectivity index (χ1n) is 6.01. The fourth-order valence-electron chi connectivity index (χ4n) is 2.00. The average Bonchev–Trinajstić information content (AvgIpc) is 2.84. The Morgan fingerprint density at radius 3 is 3.00 bits per heavy atom. The van der Waals surface area contributed by atoms with Gasteiger partial charge in [-0.05, 0) is 30.5 Å². The highest BCUT2D eigenvalue weighted by atomic mass is 79.9. The topological polar surface area (TPSA) is 58.6 Å². The lowest BCUT2D eigenvalue weighted by Crippen LogP contribution is -2.25. The fraction of sp³-hybridized carbons (Fsp3) is 0.462. The lowest BCUT2D eigenvalue weighted by atomic mass is 10.1. The van der Waals surface area contributed by atoms with Crippen LogP contribution in [-0.4, -0.2) is 30.3 Å². The molecule has 1 atom stereocenters. The van der Waals surface area contributed by atoms with Crippen molar-refractivity contribution in [3.05, 3.63) is 33.8 Å². The van der Waals surface area contributed by atoms with Crippen LogP contribution >= 0.6 is 15.9 Å². The van der Waals surface area contributed by atoms with E-state index in [4.69, 9.17) is 9.84 Å². The Balaban J connectivity index is 1.87. The van der Waals surface area contributed by atoms with Crippen molar-refractivity contribution in [2.45, 2.75) is 25.5 Å². The van der Waals surface area contributed by atoms with Crippen LogP contribution in [0.1, 0.15) is 28.8 Å². The molecular weight excluding hydrogens is 298 g/mol. The minimum Gasteiger partial charge on any atom is -0.478 e. The van der Waals surface area contributed by atoms with Gasteiger partial charge in [-0.2, -0.15) is 0 Å². The van der Waals surface area contributed by atoms with E-state index in [1.807, 2.05) is 6.07 Å². The van der Waals surface area contributed by atoms with Gasteiger partial charge in [-0.1, -0.05) is 22.0 Å². The Morgan fingerprint density at radius 1 is 1.56 bits per heavy atom. The number of benzene rings is 1. The molecule has 1 aliphatic heterocycles. The summed E-state index contributed by atoms with van der Waals surface area (Å²) in [6, 6.07) is 5.08. The third-order valence-corrected chi connectivity index (χ3v) is 3.75. The zero-order chi connectivity index (χ0) is 13.0. The molecule has 2 N–H and O–H groups in total. The number of ether oxygens (including phenoxy) is 1. The molecule has 1 unspecified atom stereocenters. The molecule has 1 aliphatic rings. The molecule has 1 aromatic rings. The first-order valence-corrected chi connectivity index (χ1v) is 6.80. The van der Waals surface area contributed by atoms with Gasteiger partial charge in [0, 0.05) is 24.2 Å². The normalized spacial score (nSPS) is 19.1. The van der Waals surface area contributed by atoms with Gasteiger partial charge in [0.15, 0.2) is 0 Å². The van der Waals surface area contributed by atoms with Gasteiger partial charge in [-0.3, -0.25) is 0 Å². The summed E-state index contributed by atoms with van der Waals surface area (Å²) >= 11 is 3.39. The van der Waals surface area contributed by atoms with E-state index >= 15 is 0 Å². The second kappa shape index (κ2) is 6.31. The Morgan fingerprint density at radius 2 is 2.39 bits per heavy atom. The van der Waals surface area contributed by atoms with Crippen LogP contribution in [0.3, 0.4) is 0 Å². The summed E-state index contributed by atoms with van der Waals surface area (Å²) in [4.78, 5) is 10.8. The summed E-state index contributed by atoms with van der Waals surface area (Å²) in [7, 11) is 0. The number of nitrogens with one attached hydrogen (secondary N) is 1. The molecule has 2 rings (SSSR count). The summed E-state index contributed by atoms with van der Waals surface area (Å²) in [5, 5.41) is 12.2. The number of hydrogen-bond donors (Lipinski definition) is 2. The Hall–Kier alpha value is -0.910. The van der Waals surface area contributed by atoms with Crippen molar-refractivity contribution >= 4 is 21.9 Å². The van der Waals surface area contributed by atoms with E-state index in [9.17, 15) is 4.79 Å². The molecule has 4 nitrogen and oxygen atoms in total. The van der Waals surface area contributed by atoms with Crippen molar-refractivity contribution in [2.75, 3.05) is 13.2 Å². The molecule has 98 valence electrons. The van der Waals surface area contributed by atoms with Crippen LogP contribution in [0.15, 0.2) is 22.7 Å². The molecule has 0 saturated carbocycles. The second-order valence-electron chi connectivity index (χ2n) is 4.38. The first-order chi connectivity index (χ1) is 8.66. The predicted molar refractivity (Wildman–Crippen MR) is 71.8 cm³/mol. The fourth-order valence-corrected chi connectivity index (χ4v) is 2.52. The standard InChI is InChI=1S/C13H16BrNO3/c14-12-6-9(13(16)17)3-4-10(12)7-15-8-11-2-1-5-18-11/h3-4,6,11,15H,1-2,5,7-8H2,(H,16,17). The number of halogens is 1. The Labute approximate surface area is 114 Å². The summed E-state index contributed by atoms with van der Waals surface area (Å²) in [6.07, 6.45) is 2.58. The van der Waals surface area contributed by atoms with Gasteiger partial charge < -0.3 is 15.2 Å². The van der Waals surface area contributed by atoms with Crippen molar-refractivity contribution in [3.63, 3.8) is 0 Å². The maximum absolute atomic E-state index is 10.8. The highest BCUT2D eigenvalue weighted by Gasteiger charge is 2.14. The molecule has 0 radical (unpaired) electrons. The molecule has 1 fully saturated rings. The number of carboxylic acid groups (broad SMARTS) is 1. The molecule has 1 saturated heterocycles. The van der Waals surface area contributed by atoms with Gasteiger partial charge in [0.1, 0.15) is 0 Å². The zero-order valence-electron chi connectivity index (χ0n) is 9.99. The van der Waals surface area contributed by atoms with Gasteiger partial charge in [-0.25, -0.2) is 4.79 Å². The minimum atomic E-state index is -0.908. The van der Waals surface area contributed by atoms with Gasteiger partial charge in [0.25, 0.3) is 0 Å². The van der Waals surface area contributed by atoms with Crippen LogP contribution in [0.4, 0.5) is 0 Å². The van der Waals surface area contributed by atoms with Gasteiger partial charge in [0.2, 0.25) is 0 Å². The molecule has 18 heavy (non-hydrogen) atoms. The van der Waals surface area contributed by atoms with Crippen LogP contribution in [0.5, 0.6) is 0 Å². The van der Waals surface area contributed by atoms with Gasteiger partial charge in [0.05, 0.1) is 11.7 Å². The predicted octanol–water partition coefficient (Wildman–Crippen LogP) is 2.42. The van der Waals surface area contributed by atoms with Gasteiger partial charge >= 0.3 is 5.97 Å². The molecule has 1 heterocycles. The van der Waals surface area contributed by atoms with E-state index in [1.165, 1.54) is 0 Å². The number of hydrogen-bond acceptors (Lipinski definition) is 3. The number of rotatable bonds is 5. The largest absolute Gasteiger partial charge is 0.478 e. The van der Waals surface area contributed by atoms with E-state index in [0.29, 0.717) is 18.2 Å². The molecule has 5 heteroatoms. The van der Waals surface area contributed by atoms with Crippen molar-refractivity contribution in [3.8, 4) is 0 Å². The Bertz CT molecular complexity index is 430. The van der Waals surface area contributed by atoms with Gasteiger partial charge in [-0.15, -0.1) is 0 Å². The van der Waals surface area contributed by atoms with E-state index in [1.54, 1.807) is 12.1 Å². The Kier molecular flexibility index (Phi) is 4.74. The number of carbonyl (C=O) groups is 1. The lowest BCUT2D eigenvalue weighted by molar-refractivity contribution is 0.0697. The van der Waals surface area contributed by atoms with E-state index < -0.39 is 5.97 Å². The molecular formula is C13H16BrNO3. The third-order valence-electron chi connectivity index (χ3n) is 3.01. The van der Waals surface area contributed by atoms with E-state index in [2.05, 4.69) is 21.2 Å². The average molecular weight is 314 g/mol. The zero-order valence-corrected chi connectivity index (χ0v) is 11.6. The smallest absolute Gasteiger partial charge is 0.335 e. The molecule has 0 aromatic heterocycles. The second-order valence-corrected chi connectivity index (χ2v) is 5.23. The minimum absolute atomic E-state index is 0.296. The molecule has 0 bridgehead atoms.